The highest BCUT2D eigenvalue weighted by atomic mass is 79.9. The predicted molar refractivity (Wildman–Crippen MR) is 146 cm³/mol. The summed E-state index contributed by atoms with van der Waals surface area (Å²) >= 11 is 4.06. The van der Waals surface area contributed by atoms with Gasteiger partial charge in [0.05, 0.1) is 16.9 Å². The molecule has 194 valence electrons. The Hall–Kier alpha value is -4.16. The van der Waals surface area contributed by atoms with Crippen molar-refractivity contribution >= 4 is 62.2 Å². The third kappa shape index (κ3) is 6.58. The van der Waals surface area contributed by atoms with E-state index in [-0.39, 0.29) is 17.2 Å². The normalized spacial score (nSPS) is 14.1. The second kappa shape index (κ2) is 11.9. The van der Waals surface area contributed by atoms with Gasteiger partial charge in [-0.05, 0) is 65.4 Å². The van der Waals surface area contributed by atoms with Gasteiger partial charge in [0.1, 0.15) is 13.2 Å². The van der Waals surface area contributed by atoms with Gasteiger partial charge in [0.15, 0.2) is 11.5 Å². The molecule has 1 fully saturated rings. The summed E-state index contributed by atoms with van der Waals surface area (Å²) in [5.41, 5.74) is 1.70. The zero-order valence-electron chi connectivity index (χ0n) is 19.9. The minimum atomic E-state index is -0.573. The van der Waals surface area contributed by atoms with Gasteiger partial charge in [-0.15, -0.1) is 0 Å². The van der Waals surface area contributed by atoms with Gasteiger partial charge in [-0.2, -0.15) is 0 Å². The number of methoxy groups -OCH3 is 1. The maximum atomic E-state index is 12.8. The lowest BCUT2D eigenvalue weighted by Gasteiger charge is -2.13. The van der Waals surface area contributed by atoms with E-state index in [1.54, 1.807) is 54.6 Å². The Kier molecular flexibility index (Phi) is 8.44. The minimum absolute atomic E-state index is 0.0341. The molecule has 0 atom stereocenters. The first-order valence-electron chi connectivity index (χ1n) is 11.1. The number of nitro benzene ring substituents is 1. The minimum Gasteiger partial charge on any atom is -0.493 e. The van der Waals surface area contributed by atoms with Gasteiger partial charge < -0.3 is 14.8 Å². The van der Waals surface area contributed by atoms with Crippen LogP contribution < -0.4 is 14.8 Å². The number of carbonyl (C=O) groups excluding carboxylic acids is 3. The van der Waals surface area contributed by atoms with Crippen molar-refractivity contribution in [1.29, 1.82) is 0 Å². The van der Waals surface area contributed by atoms with E-state index in [0.29, 0.717) is 28.3 Å². The van der Waals surface area contributed by atoms with E-state index in [4.69, 9.17) is 9.47 Å². The quantitative estimate of drug-likeness (QED) is 0.191. The largest absolute Gasteiger partial charge is 0.493 e. The number of nitro groups is 1. The van der Waals surface area contributed by atoms with Crippen LogP contribution in [-0.4, -0.2) is 40.5 Å². The number of thioether (sulfide) groups is 1. The zero-order valence-corrected chi connectivity index (χ0v) is 22.3. The number of nitrogens with one attached hydrogen (secondary N) is 1. The molecule has 1 N–H and O–H groups in total. The number of benzene rings is 3. The first-order chi connectivity index (χ1) is 18.2. The second-order valence-corrected chi connectivity index (χ2v) is 9.86. The molecule has 0 spiro atoms. The lowest BCUT2D eigenvalue weighted by atomic mass is 10.1. The Morgan fingerprint density at radius 1 is 1.11 bits per heavy atom. The number of rotatable bonds is 9. The fraction of sp³-hybridized carbons (Fsp3) is 0.115. The lowest BCUT2D eigenvalue weighted by Crippen LogP contribution is -2.36. The molecule has 0 radical (unpaired) electrons. The summed E-state index contributed by atoms with van der Waals surface area (Å²) in [4.78, 5) is 49.2. The van der Waals surface area contributed by atoms with Crippen LogP contribution in [0, 0.1) is 10.1 Å². The van der Waals surface area contributed by atoms with Gasteiger partial charge in [-0.3, -0.25) is 29.4 Å². The molecular formula is C26H20BrN3O7S. The Morgan fingerprint density at radius 3 is 2.58 bits per heavy atom. The molecule has 3 aromatic rings. The van der Waals surface area contributed by atoms with Crippen LogP contribution in [0.25, 0.3) is 6.08 Å². The summed E-state index contributed by atoms with van der Waals surface area (Å²) in [6.07, 6.45) is 1.53. The van der Waals surface area contributed by atoms with Gasteiger partial charge in [-0.1, -0.05) is 34.1 Å². The highest BCUT2D eigenvalue weighted by molar-refractivity contribution is 9.10. The molecule has 0 unspecified atom stereocenters. The molecule has 0 aliphatic carbocycles. The third-order valence-electron chi connectivity index (χ3n) is 5.30. The van der Waals surface area contributed by atoms with E-state index in [9.17, 15) is 24.5 Å². The van der Waals surface area contributed by atoms with Crippen LogP contribution in [0.5, 0.6) is 11.5 Å². The van der Waals surface area contributed by atoms with Gasteiger partial charge in [0.2, 0.25) is 5.91 Å². The van der Waals surface area contributed by atoms with E-state index in [1.165, 1.54) is 25.3 Å². The highest BCUT2D eigenvalue weighted by Gasteiger charge is 2.36. The average molecular weight is 598 g/mol. The van der Waals surface area contributed by atoms with Crippen LogP contribution in [0.3, 0.4) is 0 Å². The molecule has 12 heteroatoms. The van der Waals surface area contributed by atoms with E-state index < -0.39 is 28.5 Å². The van der Waals surface area contributed by atoms with Crippen molar-refractivity contribution in [1.82, 2.24) is 4.90 Å². The van der Waals surface area contributed by atoms with E-state index in [1.807, 2.05) is 0 Å². The summed E-state index contributed by atoms with van der Waals surface area (Å²) in [6.45, 7) is -0.329. The zero-order chi connectivity index (χ0) is 27.2. The smallest absolute Gasteiger partial charge is 0.294 e. The maximum Gasteiger partial charge on any atom is 0.294 e. The van der Waals surface area contributed by atoms with Crippen LogP contribution in [0.2, 0.25) is 0 Å². The number of carbonyl (C=O) groups is 3. The van der Waals surface area contributed by atoms with Crippen LogP contribution in [0.1, 0.15) is 11.1 Å². The molecule has 0 aromatic heterocycles. The molecule has 1 heterocycles. The predicted octanol–water partition coefficient (Wildman–Crippen LogP) is 5.62. The number of imide groups is 1. The molecule has 10 nitrogen and oxygen atoms in total. The number of hydrogen-bond donors (Lipinski definition) is 1. The lowest BCUT2D eigenvalue weighted by molar-refractivity contribution is -0.384. The molecular weight excluding hydrogens is 578 g/mol. The molecule has 1 saturated heterocycles. The molecule has 0 saturated carbocycles. The highest BCUT2D eigenvalue weighted by Crippen LogP contribution is 2.35. The summed E-state index contributed by atoms with van der Waals surface area (Å²) in [6, 6.07) is 18.0. The number of halogens is 1. The average Bonchev–Trinajstić information content (AvgIpc) is 3.16. The SMILES string of the molecule is COc1cc(/C=C2/SC(=O)N(CC(=O)Nc3ccc(Br)cc3)C2=O)ccc1OCc1cccc([N+](=O)[O-])c1. The van der Waals surface area contributed by atoms with Crippen molar-refractivity contribution in [2.75, 3.05) is 19.0 Å². The van der Waals surface area contributed by atoms with E-state index in [2.05, 4.69) is 21.2 Å². The third-order valence-corrected chi connectivity index (χ3v) is 6.74. The van der Waals surface area contributed by atoms with Crippen molar-refractivity contribution in [3.05, 3.63) is 97.3 Å². The van der Waals surface area contributed by atoms with Crippen LogP contribution in [0.15, 0.2) is 76.1 Å². The van der Waals surface area contributed by atoms with Crippen LogP contribution in [0.4, 0.5) is 16.2 Å². The second-order valence-electron chi connectivity index (χ2n) is 7.95. The van der Waals surface area contributed by atoms with Gasteiger partial charge in [0, 0.05) is 22.3 Å². The first-order valence-corrected chi connectivity index (χ1v) is 12.7. The number of ether oxygens (including phenoxy) is 2. The molecule has 3 amide bonds. The fourth-order valence-electron chi connectivity index (χ4n) is 3.48. The first kappa shape index (κ1) is 26.9. The number of nitrogens with zero attached hydrogens (tertiary/aromatic N) is 2. The maximum absolute atomic E-state index is 12.8. The molecule has 1 aliphatic heterocycles. The van der Waals surface area contributed by atoms with Crippen LogP contribution in [-0.2, 0) is 16.2 Å². The molecule has 3 aromatic carbocycles. The number of amides is 3. The summed E-state index contributed by atoms with van der Waals surface area (Å²) in [5, 5.41) is 13.1. The van der Waals surface area contributed by atoms with E-state index in [0.717, 1.165) is 21.1 Å². The van der Waals surface area contributed by atoms with E-state index >= 15 is 0 Å². The van der Waals surface area contributed by atoms with Crippen molar-refractivity contribution in [3.63, 3.8) is 0 Å². The monoisotopic (exact) mass is 597 g/mol. The molecule has 4 rings (SSSR count). The summed E-state index contributed by atoms with van der Waals surface area (Å²) in [7, 11) is 1.46. The van der Waals surface area contributed by atoms with Crippen molar-refractivity contribution in [2.24, 2.45) is 0 Å². The summed E-state index contributed by atoms with van der Waals surface area (Å²) < 4.78 is 12.0. The number of non-ortho nitro benzene ring substituents is 1. The van der Waals surface area contributed by atoms with Gasteiger partial charge in [-0.25, -0.2) is 0 Å². The number of anilines is 1. The van der Waals surface area contributed by atoms with Crippen molar-refractivity contribution in [2.45, 2.75) is 6.61 Å². The standard InChI is InChI=1S/C26H20BrN3O7S/c1-36-22-12-16(5-10-21(22)37-15-17-3-2-4-20(11-17)30(34)35)13-23-25(32)29(26(33)38-23)14-24(31)28-19-8-6-18(27)7-9-19/h2-13H,14-15H2,1H3,(H,28,31)/b23-13+. The fourth-order valence-corrected chi connectivity index (χ4v) is 4.58. The van der Waals surface area contributed by atoms with Crippen molar-refractivity contribution < 1.29 is 28.8 Å². The van der Waals surface area contributed by atoms with Gasteiger partial charge >= 0.3 is 0 Å². The summed E-state index contributed by atoms with van der Waals surface area (Å²) in [5.74, 6) is -0.301. The van der Waals surface area contributed by atoms with Crippen LogP contribution >= 0.6 is 27.7 Å². The van der Waals surface area contributed by atoms with Gasteiger partial charge in [0.25, 0.3) is 16.8 Å². The topological polar surface area (TPSA) is 128 Å². The molecule has 38 heavy (non-hydrogen) atoms. The Bertz CT molecular complexity index is 1440. The molecule has 0 bridgehead atoms. The van der Waals surface area contributed by atoms with Crippen molar-refractivity contribution in [3.8, 4) is 11.5 Å². The molecule has 1 aliphatic rings. The Labute approximate surface area is 229 Å². The Morgan fingerprint density at radius 2 is 1.87 bits per heavy atom. The Balaban J connectivity index is 1.42. The number of hydrogen-bond acceptors (Lipinski definition) is 8.